The predicted molar refractivity (Wildman–Crippen MR) is 75.1 cm³/mol. The van der Waals surface area contributed by atoms with Gasteiger partial charge < -0.3 is 10.4 Å². The standard InChI is InChI=1S/C14H22N2O3/c1-4-7-14(3,10-17)15-9-12-6-5-11(2)13(8-12)16(18)19/h5-6,8,15,17H,4,7,9-10H2,1-3H3. The van der Waals surface area contributed by atoms with Crippen LogP contribution < -0.4 is 5.32 Å². The molecule has 0 bridgehead atoms. The largest absolute Gasteiger partial charge is 0.394 e. The predicted octanol–water partition coefficient (Wildman–Crippen LogP) is 2.54. The number of nitrogens with zero attached hydrogens (tertiary/aromatic N) is 1. The molecule has 0 aliphatic rings. The number of nitrogens with one attached hydrogen (secondary N) is 1. The van der Waals surface area contributed by atoms with E-state index in [0.29, 0.717) is 12.1 Å². The van der Waals surface area contributed by atoms with E-state index in [9.17, 15) is 15.2 Å². The summed E-state index contributed by atoms with van der Waals surface area (Å²) in [7, 11) is 0. The highest BCUT2D eigenvalue weighted by Gasteiger charge is 2.21. The molecule has 0 spiro atoms. The van der Waals surface area contributed by atoms with Gasteiger partial charge in [-0.2, -0.15) is 0 Å². The van der Waals surface area contributed by atoms with E-state index in [1.165, 1.54) is 0 Å². The lowest BCUT2D eigenvalue weighted by molar-refractivity contribution is -0.385. The number of hydrogen-bond donors (Lipinski definition) is 2. The molecule has 2 N–H and O–H groups in total. The zero-order valence-electron chi connectivity index (χ0n) is 11.8. The monoisotopic (exact) mass is 266 g/mol. The highest BCUT2D eigenvalue weighted by atomic mass is 16.6. The number of aliphatic hydroxyl groups excluding tert-OH is 1. The molecule has 0 saturated carbocycles. The summed E-state index contributed by atoms with van der Waals surface area (Å²) in [6.45, 7) is 6.31. The molecule has 0 radical (unpaired) electrons. The Kier molecular flexibility index (Phi) is 5.44. The van der Waals surface area contributed by atoms with Gasteiger partial charge in [-0.1, -0.05) is 25.5 Å². The fourth-order valence-electron chi connectivity index (χ4n) is 2.05. The molecular formula is C14H22N2O3. The summed E-state index contributed by atoms with van der Waals surface area (Å²) in [6, 6.07) is 5.22. The molecule has 0 heterocycles. The molecule has 5 heteroatoms. The van der Waals surface area contributed by atoms with Gasteiger partial charge in [-0.25, -0.2) is 0 Å². The van der Waals surface area contributed by atoms with Crippen molar-refractivity contribution in [3.63, 3.8) is 0 Å². The van der Waals surface area contributed by atoms with Crippen LogP contribution in [0, 0.1) is 17.0 Å². The van der Waals surface area contributed by atoms with Crippen LogP contribution in [-0.2, 0) is 6.54 Å². The molecule has 5 nitrogen and oxygen atoms in total. The van der Waals surface area contributed by atoms with Gasteiger partial charge in [-0.3, -0.25) is 10.1 Å². The van der Waals surface area contributed by atoms with Crippen molar-refractivity contribution in [1.29, 1.82) is 0 Å². The van der Waals surface area contributed by atoms with Gasteiger partial charge in [0, 0.05) is 23.7 Å². The Morgan fingerprint density at radius 3 is 2.68 bits per heavy atom. The number of benzene rings is 1. The lowest BCUT2D eigenvalue weighted by Crippen LogP contribution is -2.45. The number of nitro benzene ring substituents is 1. The van der Waals surface area contributed by atoms with E-state index in [2.05, 4.69) is 12.2 Å². The lowest BCUT2D eigenvalue weighted by Gasteiger charge is -2.28. The van der Waals surface area contributed by atoms with E-state index in [0.717, 1.165) is 18.4 Å². The van der Waals surface area contributed by atoms with Crippen LogP contribution in [0.15, 0.2) is 18.2 Å². The first kappa shape index (κ1) is 15.6. The van der Waals surface area contributed by atoms with Crippen LogP contribution in [0.1, 0.15) is 37.8 Å². The molecule has 1 aromatic carbocycles. The van der Waals surface area contributed by atoms with Gasteiger partial charge in [0.05, 0.1) is 11.5 Å². The molecule has 0 aliphatic heterocycles. The average Bonchev–Trinajstić information content (AvgIpc) is 2.38. The number of hydrogen-bond acceptors (Lipinski definition) is 4. The molecule has 0 aliphatic carbocycles. The summed E-state index contributed by atoms with van der Waals surface area (Å²) in [6.07, 6.45) is 1.83. The minimum absolute atomic E-state index is 0.0504. The van der Waals surface area contributed by atoms with Crippen molar-refractivity contribution in [1.82, 2.24) is 5.32 Å². The van der Waals surface area contributed by atoms with Crippen molar-refractivity contribution in [2.45, 2.75) is 45.7 Å². The van der Waals surface area contributed by atoms with Crippen LogP contribution in [-0.4, -0.2) is 22.2 Å². The molecule has 1 atom stereocenters. The summed E-state index contributed by atoms with van der Waals surface area (Å²) < 4.78 is 0. The average molecular weight is 266 g/mol. The minimum atomic E-state index is -0.365. The van der Waals surface area contributed by atoms with E-state index in [-0.39, 0.29) is 22.8 Å². The van der Waals surface area contributed by atoms with Gasteiger partial charge in [0.15, 0.2) is 0 Å². The van der Waals surface area contributed by atoms with Crippen LogP contribution in [0.2, 0.25) is 0 Å². The van der Waals surface area contributed by atoms with Crippen molar-refractivity contribution in [2.75, 3.05) is 6.61 Å². The highest BCUT2D eigenvalue weighted by molar-refractivity contribution is 5.42. The molecule has 0 amide bonds. The summed E-state index contributed by atoms with van der Waals surface area (Å²) in [5, 5.41) is 23.6. The van der Waals surface area contributed by atoms with Gasteiger partial charge >= 0.3 is 0 Å². The van der Waals surface area contributed by atoms with Crippen molar-refractivity contribution < 1.29 is 10.0 Å². The Hall–Kier alpha value is -1.46. The van der Waals surface area contributed by atoms with E-state index < -0.39 is 0 Å². The third-order valence-electron chi connectivity index (χ3n) is 3.34. The second-order valence-corrected chi connectivity index (χ2v) is 5.20. The van der Waals surface area contributed by atoms with Gasteiger partial charge in [-0.05, 0) is 25.8 Å². The summed E-state index contributed by atoms with van der Waals surface area (Å²) in [5.74, 6) is 0. The third kappa shape index (κ3) is 4.29. The van der Waals surface area contributed by atoms with Crippen molar-refractivity contribution >= 4 is 5.69 Å². The highest BCUT2D eigenvalue weighted by Crippen LogP contribution is 2.20. The van der Waals surface area contributed by atoms with Gasteiger partial charge in [0.2, 0.25) is 0 Å². The van der Waals surface area contributed by atoms with Crippen LogP contribution in [0.25, 0.3) is 0 Å². The Labute approximate surface area is 113 Å². The SMILES string of the molecule is CCCC(C)(CO)NCc1ccc(C)c([N+](=O)[O-])c1. The summed E-state index contributed by atoms with van der Waals surface area (Å²) in [5.41, 5.74) is 1.31. The maximum Gasteiger partial charge on any atom is 0.272 e. The van der Waals surface area contributed by atoms with Gasteiger partial charge in [-0.15, -0.1) is 0 Å². The molecule has 0 aromatic heterocycles. The number of nitro groups is 1. The first-order valence-electron chi connectivity index (χ1n) is 6.51. The molecule has 1 unspecified atom stereocenters. The smallest absolute Gasteiger partial charge is 0.272 e. The Morgan fingerprint density at radius 2 is 2.16 bits per heavy atom. The molecule has 0 fully saturated rings. The molecule has 1 rings (SSSR count). The van der Waals surface area contributed by atoms with Crippen molar-refractivity contribution in [2.24, 2.45) is 0 Å². The molecule has 19 heavy (non-hydrogen) atoms. The molecule has 1 aromatic rings. The fraction of sp³-hybridized carbons (Fsp3) is 0.571. The number of aliphatic hydroxyl groups is 1. The Morgan fingerprint density at radius 1 is 1.47 bits per heavy atom. The maximum atomic E-state index is 10.9. The van der Waals surface area contributed by atoms with Crippen LogP contribution in [0.3, 0.4) is 0 Å². The van der Waals surface area contributed by atoms with Crippen LogP contribution in [0.5, 0.6) is 0 Å². The summed E-state index contributed by atoms with van der Waals surface area (Å²) >= 11 is 0. The van der Waals surface area contributed by atoms with Crippen LogP contribution >= 0.6 is 0 Å². The molecule has 106 valence electrons. The minimum Gasteiger partial charge on any atom is -0.394 e. The normalized spacial score (nSPS) is 14.1. The summed E-state index contributed by atoms with van der Waals surface area (Å²) in [4.78, 5) is 10.5. The second-order valence-electron chi connectivity index (χ2n) is 5.20. The zero-order valence-corrected chi connectivity index (χ0v) is 11.8. The van der Waals surface area contributed by atoms with E-state index in [4.69, 9.17) is 0 Å². The van der Waals surface area contributed by atoms with E-state index in [1.807, 2.05) is 13.0 Å². The maximum absolute atomic E-state index is 10.9. The number of rotatable bonds is 7. The van der Waals surface area contributed by atoms with E-state index >= 15 is 0 Å². The fourth-order valence-corrected chi connectivity index (χ4v) is 2.05. The Bertz CT molecular complexity index is 448. The first-order valence-corrected chi connectivity index (χ1v) is 6.51. The first-order chi connectivity index (χ1) is 8.91. The lowest BCUT2D eigenvalue weighted by atomic mass is 9.97. The van der Waals surface area contributed by atoms with Crippen molar-refractivity contribution in [3.05, 3.63) is 39.4 Å². The van der Waals surface area contributed by atoms with Gasteiger partial charge in [0.25, 0.3) is 5.69 Å². The van der Waals surface area contributed by atoms with Crippen LogP contribution in [0.4, 0.5) is 5.69 Å². The molecule has 0 saturated heterocycles. The zero-order chi connectivity index (χ0) is 14.5. The second kappa shape index (κ2) is 6.63. The van der Waals surface area contributed by atoms with Crippen molar-refractivity contribution in [3.8, 4) is 0 Å². The topological polar surface area (TPSA) is 75.4 Å². The third-order valence-corrected chi connectivity index (χ3v) is 3.34. The quantitative estimate of drug-likeness (QED) is 0.587. The molecular weight excluding hydrogens is 244 g/mol. The Balaban J connectivity index is 2.78. The van der Waals surface area contributed by atoms with Gasteiger partial charge in [0.1, 0.15) is 0 Å². The number of aryl methyl sites for hydroxylation is 1. The van der Waals surface area contributed by atoms with E-state index in [1.54, 1.807) is 19.1 Å².